The number of hydrogen-bond donors (Lipinski definition) is 0. The van der Waals surface area contributed by atoms with Gasteiger partial charge >= 0.3 is 0 Å². The van der Waals surface area contributed by atoms with E-state index in [9.17, 15) is 0 Å². The van der Waals surface area contributed by atoms with Gasteiger partial charge in [0, 0.05) is 0 Å². The molecule has 0 fully saturated rings. The summed E-state index contributed by atoms with van der Waals surface area (Å²) in [5, 5.41) is 0. The minimum Gasteiger partial charge on any atom is -0.365 e. The molecular weight excluding hydrogens is 112 g/mol. The number of alkyl halides is 1. The Bertz CT molecular complexity index is 37.1. The van der Waals surface area contributed by atoms with Crippen molar-refractivity contribution in [1.29, 1.82) is 0 Å². The van der Waals surface area contributed by atoms with Crippen LogP contribution in [0.1, 0.15) is 13.8 Å². The maximum atomic E-state index is 5.22. The fourth-order valence-electron chi connectivity index (χ4n) is 0.280. The molecule has 0 rings (SSSR count). The van der Waals surface area contributed by atoms with Crippen LogP contribution in [0.4, 0.5) is 0 Å². The van der Waals surface area contributed by atoms with Gasteiger partial charge in [0.05, 0.1) is 6.61 Å². The van der Waals surface area contributed by atoms with Gasteiger partial charge in [-0.3, -0.25) is 0 Å². The van der Waals surface area contributed by atoms with E-state index in [0.717, 1.165) is 6.61 Å². The Hall–Kier alpha value is 0.250. The summed E-state index contributed by atoms with van der Waals surface area (Å²) in [6, 6.07) is 0.318. The lowest BCUT2D eigenvalue weighted by atomic mass is 10.2. The van der Waals surface area contributed by atoms with Crippen molar-refractivity contribution >= 4 is 11.6 Å². The topological polar surface area (TPSA) is 9.23 Å². The van der Waals surface area contributed by atoms with E-state index in [2.05, 4.69) is 13.8 Å². The van der Waals surface area contributed by atoms with Crippen LogP contribution in [0, 0.1) is 5.92 Å². The standard InChI is InChI=1S/C5H11ClO/c1-5(2)3-7-4-6/h5H,3-4H2,1-2H3. The normalized spacial score (nSPS) is 10.3. The number of rotatable bonds is 3. The van der Waals surface area contributed by atoms with Crippen LogP contribution in [-0.4, -0.2) is 12.7 Å². The second-order valence-corrected chi connectivity index (χ2v) is 2.09. The second kappa shape index (κ2) is 4.41. The molecule has 0 radical (unpaired) electrons. The molecule has 0 amide bonds. The molecule has 0 atom stereocenters. The zero-order chi connectivity index (χ0) is 5.70. The SMILES string of the molecule is CC(C)COCCl. The molecule has 0 aromatic rings. The molecule has 0 spiro atoms. The van der Waals surface area contributed by atoms with Gasteiger partial charge in [0.15, 0.2) is 0 Å². The quantitative estimate of drug-likeness (QED) is 0.520. The van der Waals surface area contributed by atoms with Crippen molar-refractivity contribution in [2.45, 2.75) is 13.8 Å². The van der Waals surface area contributed by atoms with Crippen LogP contribution in [0.25, 0.3) is 0 Å². The van der Waals surface area contributed by atoms with Gasteiger partial charge in [-0.05, 0) is 5.92 Å². The van der Waals surface area contributed by atoms with E-state index < -0.39 is 0 Å². The number of halogens is 1. The zero-order valence-corrected chi connectivity index (χ0v) is 5.53. The second-order valence-electron chi connectivity index (χ2n) is 1.87. The molecule has 44 valence electrons. The summed E-state index contributed by atoms with van der Waals surface area (Å²) in [6.45, 7) is 4.95. The van der Waals surface area contributed by atoms with E-state index in [1.165, 1.54) is 0 Å². The smallest absolute Gasteiger partial charge is 0.120 e. The molecule has 0 aromatic heterocycles. The van der Waals surface area contributed by atoms with E-state index in [0.29, 0.717) is 12.0 Å². The van der Waals surface area contributed by atoms with Crippen LogP contribution in [0.5, 0.6) is 0 Å². The van der Waals surface area contributed by atoms with Crippen molar-refractivity contribution in [3.8, 4) is 0 Å². The van der Waals surface area contributed by atoms with Crippen LogP contribution < -0.4 is 0 Å². The number of hydrogen-bond acceptors (Lipinski definition) is 1. The van der Waals surface area contributed by atoms with Crippen molar-refractivity contribution in [3.63, 3.8) is 0 Å². The summed E-state index contributed by atoms with van der Waals surface area (Å²) in [5.74, 6) is 0.596. The molecule has 0 aliphatic rings. The van der Waals surface area contributed by atoms with Crippen LogP contribution >= 0.6 is 11.6 Å². The molecule has 0 bridgehead atoms. The number of ether oxygens (including phenoxy) is 1. The van der Waals surface area contributed by atoms with Gasteiger partial charge < -0.3 is 4.74 Å². The van der Waals surface area contributed by atoms with E-state index in [1.54, 1.807) is 0 Å². The highest BCUT2D eigenvalue weighted by Crippen LogP contribution is 1.91. The summed E-state index contributed by atoms with van der Waals surface area (Å²) < 4.78 is 4.86. The molecule has 0 aliphatic heterocycles. The Kier molecular flexibility index (Phi) is 4.57. The highest BCUT2D eigenvalue weighted by atomic mass is 35.5. The first-order valence-electron chi connectivity index (χ1n) is 2.41. The maximum absolute atomic E-state index is 5.22. The summed E-state index contributed by atoms with van der Waals surface area (Å²) in [5.41, 5.74) is 0. The predicted octanol–water partition coefficient (Wildman–Crippen LogP) is 1.86. The third kappa shape index (κ3) is 6.25. The van der Waals surface area contributed by atoms with Gasteiger partial charge in [-0.15, -0.1) is 0 Å². The van der Waals surface area contributed by atoms with Gasteiger partial charge in [0.1, 0.15) is 6.07 Å². The fourth-order valence-corrected chi connectivity index (χ4v) is 0.369. The Morgan fingerprint density at radius 1 is 1.57 bits per heavy atom. The minimum atomic E-state index is 0.318. The first kappa shape index (κ1) is 7.25. The first-order valence-corrected chi connectivity index (χ1v) is 2.94. The Morgan fingerprint density at radius 2 is 2.14 bits per heavy atom. The van der Waals surface area contributed by atoms with Crippen molar-refractivity contribution < 1.29 is 4.74 Å². The third-order valence-corrected chi connectivity index (χ3v) is 0.683. The molecular formula is C5H11ClO. The predicted molar refractivity (Wildman–Crippen MR) is 31.5 cm³/mol. The largest absolute Gasteiger partial charge is 0.365 e. The summed E-state index contributed by atoms with van der Waals surface area (Å²) >= 11 is 5.22. The first-order chi connectivity index (χ1) is 3.27. The van der Waals surface area contributed by atoms with Gasteiger partial charge in [-0.1, -0.05) is 25.4 Å². The van der Waals surface area contributed by atoms with E-state index >= 15 is 0 Å². The average Bonchev–Trinajstić information content (AvgIpc) is 1.61. The summed E-state index contributed by atoms with van der Waals surface area (Å²) in [4.78, 5) is 0. The Balaban J connectivity index is 2.68. The van der Waals surface area contributed by atoms with Crippen molar-refractivity contribution in [1.82, 2.24) is 0 Å². The average molecular weight is 123 g/mol. The lowest BCUT2D eigenvalue weighted by Crippen LogP contribution is -1.99. The zero-order valence-electron chi connectivity index (χ0n) is 4.78. The van der Waals surface area contributed by atoms with Crippen LogP contribution in [0.2, 0.25) is 0 Å². The summed E-state index contributed by atoms with van der Waals surface area (Å²) in [7, 11) is 0. The molecule has 1 nitrogen and oxygen atoms in total. The lowest BCUT2D eigenvalue weighted by Gasteiger charge is -2.00. The van der Waals surface area contributed by atoms with Gasteiger partial charge in [0.25, 0.3) is 0 Å². The summed E-state index contributed by atoms with van der Waals surface area (Å²) in [6.07, 6.45) is 0. The molecule has 0 aliphatic carbocycles. The minimum absolute atomic E-state index is 0.318. The molecule has 0 aromatic carbocycles. The molecule has 7 heavy (non-hydrogen) atoms. The van der Waals surface area contributed by atoms with Crippen molar-refractivity contribution in [2.24, 2.45) is 5.92 Å². The molecule has 0 heterocycles. The lowest BCUT2D eigenvalue weighted by molar-refractivity contribution is 0.149. The Morgan fingerprint density at radius 3 is 2.29 bits per heavy atom. The van der Waals surface area contributed by atoms with E-state index in [1.807, 2.05) is 0 Å². The van der Waals surface area contributed by atoms with Crippen LogP contribution in [0.15, 0.2) is 0 Å². The van der Waals surface area contributed by atoms with Crippen LogP contribution in [-0.2, 0) is 4.74 Å². The molecule has 2 heteroatoms. The highest BCUT2D eigenvalue weighted by Gasteiger charge is 1.88. The third-order valence-electron chi connectivity index (χ3n) is 0.528. The molecule has 0 saturated carbocycles. The van der Waals surface area contributed by atoms with E-state index in [4.69, 9.17) is 16.3 Å². The molecule has 0 saturated heterocycles. The van der Waals surface area contributed by atoms with E-state index in [-0.39, 0.29) is 0 Å². The maximum Gasteiger partial charge on any atom is 0.120 e. The Labute approximate surface area is 49.6 Å². The fraction of sp³-hybridized carbons (Fsp3) is 1.00. The molecule has 0 N–H and O–H groups in total. The monoisotopic (exact) mass is 122 g/mol. The van der Waals surface area contributed by atoms with Crippen LogP contribution in [0.3, 0.4) is 0 Å². The molecule has 0 unspecified atom stereocenters. The van der Waals surface area contributed by atoms with Crippen molar-refractivity contribution in [2.75, 3.05) is 12.7 Å². The van der Waals surface area contributed by atoms with Gasteiger partial charge in [-0.25, -0.2) is 0 Å². The van der Waals surface area contributed by atoms with Gasteiger partial charge in [-0.2, -0.15) is 0 Å². The van der Waals surface area contributed by atoms with Crippen molar-refractivity contribution in [3.05, 3.63) is 0 Å². The highest BCUT2D eigenvalue weighted by molar-refractivity contribution is 6.17. The van der Waals surface area contributed by atoms with Gasteiger partial charge in [0.2, 0.25) is 0 Å².